The third kappa shape index (κ3) is 1.94. The van der Waals surface area contributed by atoms with Crippen LogP contribution in [0.5, 0.6) is 0 Å². The molecule has 13 heavy (non-hydrogen) atoms. The van der Waals surface area contributed by atoms with Crippen molar-refractivity contribution in [2.45, 2.75) is 13.0 Å². The van der Waals surface area contributed by atoms with Crippen LogP contribution >= 0.6 is 15.9 Å². The molecule has 1 rings (SSSR count). The highest BCUT2D eigenvalue weighted by Gasteiger charge is 2.17. The summed E-state index contributed by atoms with van der Waals surface area (Å²) in [5, 5.41) is 8.83. The Morgan fingerprint density at radius 1 is 1.62 bits per heavy atom. The van der Waals surface area contributed by atoms with Crippen molar-refractivity contribution in [3.8, 4) is 0 Å². The second kappa shape index (κ2) is 3.97. The number of pyridine rings is 1. The molecule has 0 aromatic carbocycles. The van der Waals surface area contributed by atoms with Crippen molar-refractivity contribution in [3.63, 3.8) is 0 Å². The highest BCUT2D eigenvalue weighted by Crippen LogP contribution is 2.30. The van der Waals surface area contributed by atoms with Crippen molar-refractivity contribution in [2.24, 2.45) is 0 Å². The van der Waals surface area contributed by atoms with Crippen molar-refractivity contribution in [3.05, 3.63) is 21.8 Å². The molecule has 0 amide bonds. The molecule has 1 heterocycles. The number of rotatable bonds is 2. The van der Waals surface area contributed by atoms with E-state index in [-0.39, 0.29) is 21.4 Å². The molecule has 3 N–H and O–H groups in total. The van der Waals surface area contributed by atoms with E-state index in [2.05, 4.69) is 20.9 Å². The zero-order valence-corrected chi connectivity index (χ0v) is 8.05. The Bertz CT molecular complexity index is 320. The first-order valence-electron chi connectivity index (χ1n) is 3.39. The zero-order valence-electron chi connectivity index (χ0n) is 6.47. The number of halogens is 3. The molecular weight excluding hydrogens is 246 g/mol. The van der Waals surface area contributed by atoms with Crippen molar-refractivity contribution in [1.82, 2.24) is 4.98 Å². The number of aromatic nitrogens is 1. The Morgan fingerprint density at radius 3 is 2.69 bits per heavy atom. The molecule has 0 spiro atoms. The number of nitrogens with two attached hydrogens (primary N) is 1. The van der Waals surface area contributed by atoms with Gasteiger partial charge in [-0.3, -0.25) is 0 Å². The molecule has 72 valence electrons. The van der Waals surface area contributed by atoms with Crippen LogP contribution in [0.25, 0.3) is 0 Å². The second-order valence-electron chi connectivity index (χ2n) is 2.35. The lowest BCUT2D eigenvalue weighted by molar-refractivity contribution is 0.146. The number of nitrogens with zero attached hydrogens (tertiary/aromatic N) is 1. The summed E-state index contributed by atoms with van der Waals surface area (Å²) in [7, 11) is 0. The number of hydrogen-bond donors (Lipinski definition) is 2. The second-order valence-corrected chi connectivity index (χ2v) is 3.14. The minimum Gasteiger partial charge on any atom is -0.392 e. The van der Waals surface area contributed by atoms with Gasteiger partial charge in [0.15, 0.2) is 0 Å². The van der Waals surface area contributed by atoms with Crippen LogP contribution in [0.15, 0.2) is 10.7 Å². The molecule has 0 saturated carbocycles. The number of aliphatic hydroxyl groups is 1. The summed E-state index contributed by atoms with van der Waals surface area (Å²) in [6, 6.07) is 0. The molecule has 0 fully saturated rings. The monoisotopic (exact) mass is 252 g/mol. The summed E-state index contributed by atoms with van der Waals surface area (Å²) in [5.41, 5.74) is 5.13. The number of aliphatic hydroxyl groups excluding tert-OH is 1. The van der Waals surface area contributed by atoms with E-state index in [4.69, 9.17) is 10.8 Å². The van der Waals surface area contributed by atoms with Crippen molar-refractivity contribution >= 4 is 21.7 Å². The molecule has 0 bridgehead atoms. The van der Waals surface area contributed by atoms with Crippen molar-refractivity contribution in [2.75, 3.05) is 5.73 Å². The van der Waals surface area contributed by atoms with Gasteiger partial charge < -0.3 is 10.8 Å². The lowest BCUT2D eigenvalue weighted by Gasteiger charge is -2.09. The van der Waals surface area contributed by atoms with E-state index in [0.717, 1.165) is 6.20 Å². The summed E-state index contributed by atoms with van der Waals surface area (Å²) >= 11 is 2.98. The smallest absolute Gasteiger partial charge is 0.265 e. The Hall–Kier alpha value is -0.750. The third-order valence-corrected chi connectivity index (χ3v) is 2.46. The first kappa shape index (κ1) is 10.3. The number of hydrogen-bond acceptors (Lipinski definition) is 3. The van der Waals surface area contributed by atoms with Crippen LogP contribution < -0.4 is 5.73 Å². The zero-order chi connectivity index (χ0) is 10.0. The van der Waals surface area contributed by atoms with Gasteiger partial charge >= 0.3 is 0 Å². The van der Waals surface area contributed by atoms with Gasteiger partial charge in [0.1, 0.15) is 5.82 Å². The first-order valence-corrected chi connectivity index (χ1v) is 4.19. The van der Waals surface area contributed by atoms with Gasteiger partial charge in [-0.15, -0.1) is 0 Å². The van der Waals surface area contributed by atoms with Gasteiger partial charge in [-0.05, 0) is 15.9 Å². The fourth-order valence-corrected chi connectivity index (χ4v) is 1.36. The lowest BCUT2D eigenvalue weighted by Crippen LogP contribution is -2.02. The van der Waals surface area contributed by atoms with Gasteiger partial charge in [-0.2, -0.15) is 0 Å². The van der Waals surface area contributed by atoms with Gasteiger partial charge in [0, 0.05) is 17.3 Å². The number of anilines is 1. The van der Waals surface area contributed by atoms with Crippen molar-refractivity contribution in [1.29, 1.82) is 0 Å². The molecule has 1 aromatic heterocycles. The van der Waals surface area contributed by atoms with Crippen LogP contribution in [0.2, 0.25) is 0 Å². The number of nitrogen functional groups attached to an aromatic ring is 1. The minimum atomic E-state index is -2.66. The summed E-state index contributed by atoms with van der Waals surface area (Å²) in [5.74, 6) is 0.0912. The maximum Gasteiger partial charge on any atom is 0.265 e. The molecular formula is C7H7BrF2N2O. The predicted octanol–water partition coefficient (Wildman–Crippen LogP) is 1.86. The largest absolute Gasteiger partial charge is 0.392 e. The number of alkyl halides is 2. The molecule has 0 aliphatic rings. The summed E-state index contributed by atoms with van der Waals surface area (Å²) in [6.45, 7) is -0.493. The van der Waals surface area contributed by atoms with Crippen LogP contribution in [-0.2, 0) is 6.61 Å². The van der Waals surface area contributed by atoms with Gasteiger partial charge in [-0.25, -0.2) is 13.8 Å². The molecule has 3 nitrogen and oxygen atoms in total. The molecule has 0 atom stereocenters. The Balaban J connectivity index is 3.30. The summed E-state index contributed by atoms with van der Waals surface area (Å²) < 4.78 is 24.9. The maximum absolute atomic E-state index is 12.3. The highest BCUT2D eigenvalue weighted by molar-refractivity contribution is 9.10. The van der Waals surface area contributed by atoms with E-state index in [1.165, 1.54) is 0 Å². The highest BCUT2D eigenvalue weighted by atomic mass is 79.9. The predicted molar refractivity (Wildman–Crippen MR) is 47.2 cm³/mol. The fraction of sp³-hybridized carbons (Fsp3) is 0.286. The lowest BCUT2D eigenvalue weighted by atomic mass is 10.1. The summed E-state index contributed by atoms with van der Waals surface area (Å²) in [4.78, 5) is 3.55. The van der Waals surface area contributed by atoms with Gasteiger partial charge in [0.2, 0.25) is 0 Å². The van der Waals surface area contributed by atoms with Crippen molar-refractivity contribution < 1.29 is 13.9 Å². The maximum atomic E-state index is 12.3. The third-order valence-electron chi connectivity index (χ3n) is 1.57. The Kier molecular flexibility index (Phi) is 3.16. The van der Waals surface area contributed by atoms with E-state index in [9.17, 15) is 8.78 Å². The normalized spacial score (nSPS) is 10.8. The topological polar surface area (TPSA) is 59.1 Å². The Morgan fingerprint density at radius 2 is 2.23 bits per heavy atom. The van der Waals surface area contributed by atoms with Gasteiger partial charge in [0.25, 0.3) is 6.43 Å². The van der Waals surface area contributed by atoms with E-state index < -0.39 is 13.0 Å². The molecule has 0 unspecified atom stereocenters. The summed E-state index contributed by atoms with van der Waals surface area (Å²) in [6.07, 6.45) is -1.69. The molecule has 0 radical (unpaired) electrons. The fourth-order valence-electron chi connectivity index (χ4n) is 0.904. The molecule has 0 aliphatic heterocycles. The average molecular weight is 253 g/mol. The Labute approximate surface area is 81.7 Å². The average Bonchev–Trinajstić information content (AvgIpc) is 2.09. The van der Waals surface area contributed by atoms with Gasteiger partial charge in [-0.1, -0.05) is 0 Å². The minimum absolute atomic E-state index is 0.0856. The first-order chi connectivity index (χ1) is 6.07. The molecule has 0 aliphatic carbocycles. The molecule has 0 saturated heterocycles. The van der Waals surface area contributed by atoms with E-state index in [1.807, 2.05) is 0 Å². The standard InChI is InChI=1S/C7H7BrF2N2O/c8-5-4(2-13)3(6(9)10)1-12-7(5)11/h1,6,13H,2H2,(H2,11,12). The van der Waals surface area contributed by atoms with Crippen LogP contribution in [0.3, 0.4) is 0 Å². The molecule has 1 aromatic rings. The van der Waals surface area contributed by atoms with E-state index in [0.29, 0.717) is 0 Å². The van der Waals surface area contributed by atoms with E-state index >= 15 is 0 Å². The van der Waals surface area contributed by atoms with Crippen LogP contribution in [0.1, 0.15) is 17.6 Å². The quantitative estimate of drug-likeness (QED) is 0.845. The molecule has 6 heteroatoms. The van der Waals surface area contributed by atoms with Crippen LogP contribution in [0.4, 0.5) is 14.6 Å². The SMILES string of the molecule is Nc1ncc(C(F)F)c(CO)c1Br. The van der Waals surface area contributed by atoms with Crippen LogP contribution in [-0.4, -0.2) is 10.1 Å². The van der Waals surface area contributed by atoms with E-state index in [1.54, 1.807) is 0 Å². The van der Waals surface area contributed by atoms with Crippen LogP contribution in [0, 0.1) is 0 Å². The van der Waals surface area contributed by atoms with Gasteiger partial charge in [0.05, 0.1) is 11.1 Å².